The zero-order valence-electron chi connectivity index (χ0n) is 10.9. The highest BCUT2D eigenvalue weighted by molar-refractivity contribution is 6.74. The van der Waals surface area contributed by atoms with Gasteiger partial charge in [-0.2, -0.15) is 5.10 Å². The average molecular weight is 238 g/mol. The van der Waals surface area contributed by atoms with E-state index in [0.29, 0.717) is 6.10 Å². The molecule has 1 aromatic heterocycles. The van der Waals surface area contributed by atoms with Crippen molar-refractivity contribution in [3.63, 3.8) is 0 Å². The zero-order chi connectivity index (χ0) is 12.0. The van der Waals surface area contributed by atoms with Gasteiger partial charge in [0.2, 0.25) is 0 Å². The van der Waals surface area contributed by atoms with Crippen LogP contribution >= 0.6 is 0 Å². The highest BCUT2D eigenvalue weighted by Crippen LogP contribution is 2.38. The number of rotatable bonds is 2. The Morgan fingerprint density at radius 3 is 2.69 bits per heavy atom. The lowest BCUT2D eigenvalue weighted by molar-refractivity contribution is 0.178. The molecule has 0 saturated carbocycles. The molecule has 4 heteroatoms. The molecule has 1 aromatic rings. The van der Waals surface area contributed by atoms with Crippen molar-refractivity contribution in [1.82, 2.24) is 9.78 Å². The molecule has 0 aliphatic carbocycles. The first-order valence-electron chi connectivity index (χ1n) is 5.98. The van der Waals surface area contributed by atoms with Crippen LogP contribution < -0.4 is 0 Å². The summed E-state index contributed by atoms with van der Waals surface area (Å²) < 4.78 is 8.45. The molecule has 1 aliphatic heterocycles. The van der Waals surface area contributed by atoms with E-state index in [9.17, 15) is 0 Å². The van der Waals surface area contributed by atoms with Crippen molar-refractivity contribution in [1.29, 1.82) is 0 Å². The van der Waals surface area contributed by atoms with Gasteiger partial charge in [0.15, 0.2) is 8.32 Å². The summed E-state index contributed by atoms with van der Waals surface area (Å²) in [6.45, 7) is 12.4. The van der Waals surface area contributed by atoms with Gasteiger partial charge in [-0.05, 0) is 24.2 Å². The molecule has 0 spiro atoms. The standard InChI is InChI=1S/C12H22N2OSi/c1-12(2,3)16(4,5)15-11-8-10-6-7-13-14(10)9-11/h6-7,11H,8-9H2,1-5H3. The van der Waals surface area contributed by atoms with E-state index in [2.05, 4.69) is 49.7 Å². The van der Waals surface area contributed by atoms with Gasteiger partial charge in [-0.3, -0.25) is 4.68 Å². The van der Waals surface area contributed by atoms with Crippen molar-refractivity contribution < 1.29 is 4.43 Å². The third-order valence-corrected chi connectivity index (χ3v) is 8.42. The van der Waals surface area contributed by atoms with Crippen LogP contribution in [0.5, 0.6) is 0 Å². The SMILES string of the molecule is CC(C)(C)[Si](C)(C)OC1Cc2ccnn2C1. The van der Waals surface area contributed by atoms with Crippen LogP contribution in [0.2, 0.25) is 18.1 Å². The molecule has 2 heterocycles. The van der Waals surface area contributed by atoms with Crippen LogP contribution in [-0.2, 0) is 17.4 Å². The molecule has 0 radical (unpaired) electrons. The molecule has 0 bridgehead atoms. The van der Waals surface area contributed by atoms with E-state index in [4.69, 9.17) is 4.43 Å². The molecule has 0 amide bonds. The van der Waals surface area contributed by atoms with E-state index in [-0.39, 0.29) is 5.04 Å². The molecule has 0 fully saturated rings. The van der Waals surface area contributed by atoms with E-state index in [1.165, 1.54) is 5.69 Å². The lowest BCUT2D eigenvalue weighted by Crippen LogP contribution is -2.44. The van der Waals surface area contributed by atoms with Crippen LogP contribution in [-0.4, -0.2) is 24.2 Å². The highest BCUT2D eigenvalue weighted by Gasteiger charge is 2.40. The van der Waals surface area contributed by atoms with Crippen molar-refractivity contribution in [3.05, 3.63) is 18.0 Å². The average Bonchev–Trinajstić information content (AvgIpc) is 2.59. The van der Waals surface area contributed by atoms with Crippen LogP contribution in [0.4, 0.5) is 0 Å². The molecule has 0 N–H and O–H groups in total. The summed E-state index contributed by atoms with van der Waals surface area (Å²) in [5.74, 6) is 0. The Morgan fingerprint density at radius 2 is 2.12 bits per heavy atom. The number of hydrogen-bond donors (Lipinski definition) is 0. The topological polar surface area (TPSA) is 27.1 Å². The van der Waals surface area contributed by atoms with Gasteiger partial charge in [-0.25, -0.2) is 0 Å². The number of aromatic nitrogens is 2. The molecule has 2 rings (SSSR count). The van der Waals surface area contributed by atoms with Gasteiger partial charge in [0.05, 0.1) is 12.6 Å². The summed E-state index contributed by atoms with van der Waals surface area (Å²) in [7, 11) is -1.62. The minimum Gasteiger partial charge on any atom is -0.412 e. The normalized spacial score (nSPS) is 21.2. The van der Waals surface area contributed by atoms with Crippen LogP contribution in [0.1, 0.15) is 26.5 Å². The zero-order valence-corrected chi connectivity index (χ0v) is 11.9. The Morgan fingerprint density at radius 1 is 1.44 bits per heavy atom. The third-order valence-electron chi connectivity index (χ3n) is 3.89. The molecule has 90 valence electrons. The Kier molecular flexibility index (Phi) is 2.74. The molecule has 1 aliphatic rings. The van der Waals surface area contributed by atoms with Gasteiger partial charge in [0.25, 0.3) is 0 Å². The van der Waals surface area contributed by atoms with Crippen LogP contribution in [0.25, 0.3) is 0 Å². The summed E-state index contributed by atoms with van der Waals surface area (Å²) in [6.07, 6.45) is 3.23. The summed E-state index contributed by atoms with van der Waals surface area (Å²) in [5.41, 5.74) is 1.31. The minimum absolute atomic E-state index is 0.289. The fraction of sp³-hybridized carbons (Fsp3) is 0.750. The second-order valence-electron chi connectivity index (χ2n) is 6.21. The second kappa shape index (κ2) is 3.70. The van der Waals surface area contributed by atoms with E-state index in [0.717, 1.165) is 13.0 Å². The Balaban J connectivity index is 2.01. The van der Waals surface area contributed by atoms with Gasteiger partial charge >= 0.3 is 0 Å². The van der Waals surface area contributed by atoms with Crippen LogP contribution in [0.3, 0.4) is 0 Å². The third kappa shape index (κ3) is 2.09. The predicted molar refractivity (Wildman–Crippen MR) is 68.0 cm³/mol. The maximum Gasteiger partial charge on any atom is 0.192 e. The van der Waals surface area contributed by atoms with Crippen molar-refractivity contribution in [2.24, 2.45) is 0 Å². The molecule has 0 aromatic carbocycles. The first-order chi connectivity index (χ1) is 7.29. The monoisotopic (exact) mass is 238 g/mol. The Labute approximate surface area is 98.9 Å². The predicted octanol–water partition coefficient (Wildman–Crippen LogP) is 2.83. The van der Waals surface area contributed by atoms with Crippen molar-refractivity contribution in [2.75, 3.05) is 0 Å². The van der Waals surface area contributed by atoms with Crippen LogP contribution in [0, 0.1) is 0 Å². The Hall–Kier alpha value is -0.613. The molecule has 1 unspecified atom stereocenters. The molecule has 0 saturated heterocycles. The summed E-state index contributed by atoms with van der Waals surface area (Å²) in [4.78, 5) is 0. The van der Waals surface area contributed by atoms with Gasteiger partial charge < -0.3 is 4.43 Å². The van der Waals surface area contributed by atoms with Crippen molar-refractivity contribution in [2.45, 2.75) is 58.0 Å². The lowest BCUT2D eigenvalue weighted by Gasteiger charge is -2.38. The highest BCUT2D eigenvalue weighted by atomic mass is 28.4. The first-order valence-corrected chi connectivity index (χ1v) is 8.89. The smallest absolute Gasteiger partial charge is 0.192 e. The maximum absolute atomic E-state index is 6.38. The second-order valence-corrected chi connectivity index (χ2v) is 11.0. The fourth-order valence-electron chi connectivity index (χ4n) is 1.86. The number of hydrogen-bond acceptors (Lipinski definition) is 2. The van der Waals surface area contributed by atoms with E-state index >= 15 is 0 Å². The van der Waals surface area contributed by atoms with Crippen molar-refractivity contribution in [3.8, 4) is 0 Å². The van der Waals surface area contributed by atoms with Crippen molar-refractivity contribution >= 4 is 8.32 Å². The molecule has 16 heavy (non-hydrogen) atoms. The summed E-state index contributed by atoms with van der Waals surface area (Å²) >= 11 is 0. The maximum atomic E-state index is 6.38. The Bertz CT molecular complexity index is 358. The van der Waals surface area contributed by atoms with Gasteiger partial charge in [-0.15, -0.1) is 0 Å². The molecule has 3 nitrogen and oxygen atoms in total. The number of nitrogens with zero attached hydrogens (tertiary/aromatic N) is 2. The van der Waals surface area contributed by atoms with E-state index in [1.807, 2.05) is 6.20 Å². The minimum atomic E-state index is -1.62. The van der Waals surface area contributed by atoms with Gasteiger partial charge in [-0.1, -0.05) is 20.8 Å². The van der Waals surface area contributed by atoms with E-state index < -0.39 is 8.32 Å². The molecule has 1 atom stereocenters. The summed E-state index contributed by atoms with van der Waals surface area (Å²) in [6, 6.07) is 2.09. The van der Waals surface area contributed by atoms with E-state index in [1.54, 1.807) is 0 Å². The largest absolute Gasteiger partial charge is 0.412 e. The molecular formula is C12H22N2OSi. The van der Waals surface area contributed by atoms with Gasteiger partial charge in [0.1, 0.15) is 0 Å². The number of fused-ring (bicyclic) bond motifs is 1. The molecular weight excluding hydrogens is 216 g/mol. The lowest BCUT2D eigenvalue weighted by atomic mass is 10.2. The van der Waals surface area contributed by atoms with Crippen LogP contribution in [0.15, 0.2) is 12.3 Å². The first kappa shape index (κ1) is 11.9. The van der Waals surface area contributed by atoms with Gasteiger partial charge in [0, 0.05) is 18.3 Å². The fourth-order valence-corrected chi connectivity index (χ4v) is 3.21. The quantitative estimate of drug-likeness (QED) is 0.741. The summed E-state index contributed by atoms with van der Waals surface area (Å²) in [5, 5.41) is 4.58.